The molecule has 1 aliphatic rings. The summed E-state index contributed by atoms with van der Waals surface area (Å²) in [5.74, 6) is 0.955. The van der Waals surface area contributed by atoms with Crippen molar-refractivity contribution < 1.29 is 14.0 Å². The minimum atomic E-state index is -0.0537. The third-order valence-corrected chi connectivity index (χ3v) is 6.37. The first-order valence-electron chi connectivity index (χ1n) is 8.92. The number of carbonyl (C=O) groups is 2. The largest absolute Gasteiger partial charge is 0.467 e. The fourth-order valence-electron chi connectivity index (χ4n) is 2.90. The average molecular weight is 418 g/mol. The number of nitrogens with one attached hydrogen (secondary N) is 2. The molecule has 0 saturated carbocycles. The first-order chi connectivity index (χ1) is 13.7. The molecule has 0 atom stereocenters. The van der Waals surface area contributed by atoms with Crippen LogP contribution < -0.4 is 5.32 Å². The molecule has 0 bridgehead atoms. The lowest BCUT2D eigenvalue weighted by molar-refractivity contribution is 0.0787. The van der Waals surface area contributed by atoms with Crippen LogP contribution in [0.3, 0.4) is 0 Å². The molecular formula is C18H19N5O3S2. The van der Waals surface area contributed by atoms with E-state index < -0.39 is 0 Å². The molecule has 8 nitrogen and oxygen atoms in total. The zero-order valence-corrected chi connectivity index (χ0v) is 16.6. The Morgan fingerprint density at radius 2 is 2.18 bits per heavy atom. The zero-order valence-electron chi connectivity index (χ0n) is 15.0. The third-order valence-electron chi connectivity index (χ3n) is 4.36. The van der Waals surface area contributed by atoms with Gasteiger partial charge in [-0.2, -0.15) is 0 Å². The van der Waals surface area contributed by atoms with E-state index in [0.717, 1.165) is 31.7 Å². The third kappa shape index (κ3) is 4.45. The smallest absolute Gasteiger partial charge is 0.270 e. The van der Waals surface area contributed by atoms with Crippen molar-refractivity contribution in [2.75, 3.05) is 24.2 Å². The summed E-state index contributed by atoms with van der Waals surface area (Å²) in [6.45, 7) is 2.09. The van der Waals surface area contributed by atoms with Gasteiger partial charge < -0.3 is 19.6 Å². The van der Waals surface area contributed by atoms with Gasteiger partial charge in [0.05, 0.1) is 18.6 Å². The van der Waals surface area contributed by atoms with Gasteiger partial charge >= 0.3 is 0 Å². The van der Waals surface area contributed by atoms with Crippen molar-refractivity contribution in [3.05, 3.63) is 47.7 Å². The number of hydrogen-bond acceptors (Lipinski definition) is 8. The van der Waals surface area contributed by atoms with Gasteiger partial charge in [-0.15, -0.1) is 10.2 Å². The summed E-state index contributed by atoms with van der Waals surface area (Å²) in [6, 6.07) is 5.34. The molecule has 1 amide bonds. The van der Waals surface area contributed by atoms with Gasteiger partial charge in [-0.3, -0.25) is 9.59 Å². The molecule has 2 N–H and O–H groups in total. The number of likely N-dealkylation sites (tertiary alicyclic amines) is 1. The Labute approximate surface area is 169 Å². The van der Waals surface area contributed by atoms with Crippen molar-refractivity contribution in [2.24, 2.45) is 0 Å². The molecule has 4 heterocycles. The molecular weight excluding hydrogens is 398 g/mol. The van der Waals surface area contributed by atoms with E-state index >= 15 is 0 Å². The normalized spacial score (nSPS) is 13.8. The van der Waals surface area contributed by atoms with Gasteiger partial charge in [0.1, 0.15) is 11.5 Å². The number of furan rings is 1. The lowest BCUT2D eigenvalue weighted by Crippen LogP contribution is -2.27. The van der Waals surface area contributed by atoms with Crippen LogP contribution in [-0.2, 0) is 6.54 Å². The minimum Gasteiger partial charge on any atom is -0.467 e. The van der Waals surface area contributed by atoms with E-state index in [1.807, 2.05) is 17.0 Å². The second kappa shape index (κ2) is 8.61. The Kier molecular flexibility index (Phi) is 5.77. The topological polar surface area (TPSA) is 104 Å². The number of anilines is 1. The Morgan fingerprint density at radius 3 is 2.96 bits per heavy atom. The maximum absolute atomic E-state index is 12.4. The Balaban J connectivity index is 1.28. The van der Waals surface area contributed by atoms with Gasteiger partial charge in [-0.1, -0.05) is 23.1 Å². The molecule has 10 heteroatoms. The van der Waals surface area contributed by atoms with Crippen molar-refractivity contribution in [3.8, 4) is 0 Å². The zero-order chi connectivity index (χ0) is 19.3. The predicted molar refractivity (Wildman–Crippen MR) is 107 cm³/mol. The van der Waals surface area contributed by atoms with E-state index in [1.165, 1.54) is 23.1 Å². The van der Waals surface area contributed by atoms with Crippen LogP contribution in [-0.4, -0.2) is 50.6 Å². The van der Waals surface area contributed by atoms with Crippen LogP contribution in [0.2, 0.25) is 0 Å². The molecule has 0 unspecified atom stereocenters. The number of thioether (sulfide) groups is 1. The predicted octanol–water partition coefficient (Wildman–Crippen LogP) is 3.28. The fourth-order valence-corrected chi connectivity index (χ4v) is 4.54. The highest BCUT2D eigenvalue weighted by molar-refractivity contribution is 8.01. The van der Waals surface area contributed by atoms with Gasteiger partial charge in [-0.25, -0.2) is 0 Å². The monoisotopic (exact) mass is 417 g/mol. The van der Waals surface area contributed by atoms with Gasteiger partial charge in [-0.05, 0) is 31.0 Å². The molecule has 1 fully saturated rings. The van der Waals surface area contributed by atoms with E-state index in [0.29, 0.717) is 27.3 Å². The standard InChI is InChI=1S/C18H19N5O3S2/c24-15(12-8-14(19-9-12)16(25)23-5-1-2-6-23)11-27-18-22-21-17(28-18)20-10-13-4-3-7-26-13/h3-4,7-9,19H,1-2,5-6,10-11H2,(H,20,21). The number of amides is 1. The highest BCUT2D eigenvalue weighted by Crippen LogP contribution is 2.26. The molecule has 0 aliphatic carbocycles. The molecule has 3 aromatic rings. The van der Waals surface area contributed by atoms with Crippen LogP contribution in [0, 0.1) is 0 Å². The summed E-state index contributed by atoms with van der Waals surface area (Å²) in [5.41, 5.74) is 0.978. The number of carbonyl (C=O) groups excluding carboxylic acids is 2. The minimum absolute atomic E-state index is 0.0411. The molecule has 0 spiro atoms. The number of aromatic nitrogens is 3. The number of ketones is 1. The summed E-state index contributed by atoms with van der Waals surface area (Å²) in [7, 11) is 0. The van der Waals surface area contributed by atoms with Crippen LogP contribution >= 0.6 is 23.1 Å². The highest BCUT2D eigenvalue weighted by atomic mass is 32.2. The van der Waals surface area contributed by atoms with Crippen molar-refractivity contribution >= 4 is 39.9 Å². The Morgan fingerprint density at radius 1 is 1.32 bits per heavy atom. The molecule has 3 aromatic heterocycles. The summed E-state index contributed by atoms with van der Waals surface area (Å²) < 4.78 is 5.96. The molecule has 0 aromatic carbocycles. The number of aromatic amines is 1. The maximum Gasteiger partial charge on any atom is 0.270 e. The highest BCUT2D eigenvalue weighted by Gasteiger charge is 2.21. The van der Waals surface area contributed by atoms with E-state index in [2.05, 4.69) is 20.5 Å². The number of nitrogens with zero attached hydrogens (tertiary/aromatic N) is 3. The van der Waals surface area contributed by atoms with Crippen LogP contribution in [0.1, 0.15) is 39.4 Å². The Hall–Kier alpha value is -2.59. The first-order valence-corrected chi connectivity index (χ1v) is 10.7. The van der Waals surface area contributed by atoms with Crippen LogP contribution in [0.15, 0.2) is 39.4 Å². The molecule has 1 saturated heterocycles. The quantitative estimate of drug-likeness (QED) is 0.428. The van der Waals surface area contributed by atoms with Crippen LogP contribution in [0.25, 0.3) is 0 Å². The van der Waals surface area contributed by atoms with Crippen LogP contribution in [0.5, 0.6) is 0 Å². The number of rotatable bonds is 8. The average Bonchev–Trinajstić information content (AvgIpc) is 3.50. The van der Waals surface area contributed by atoms with Crippen LogP contribution in [0.4, 0.5) is 5.13 Å². The van der Waals surface area contributed by atoms with Crippen molar-refractivity contribution in [3.63, 3.8) is 0 Å². The van der Waals surface area contributed by atoms with E-state index in [4.69, 9.17) is 4.42 Å². The molecule has 146 valence electrons. The number of Topliss-reactive ketones (excluding diaryl/α,β-unsaturated/α-hetero) is 1. The van der Waals surface area contributed by atoms with Gasteiger partial charge in [0.2, 0.25) is 5.13 Å². The molecule has 1 aliphatic heterocycles. The summed E-state index contributed by atoms with van der Waals surface area (Å²) >= 11 is 2.72. The maximum atomic E-state index is 12.4. The molecule has 4 rings (SSSR count). The SMILES string of the molecule is O=C(CSc1nnc(NCc2ccco2)s1)c1c[nH]c(C(=O)N2CCCC2)c1. The lowest BCUT2D eigenvalue weighted by atomic mass is 10.2. The van der Waals surface area contributed by atoms with Crippen molar-refractivity contribution in [2.45, 2.75) is 23.7 Å². The van der Waals surface area contributed by atoms with Gasteiger partial charge in [0, 0.05) is 24.8 Å². The lowest BCUT2D eigenvalue weighted by Gasteiger charge is -2.13. The van der Waals surface area contributed by atoms with Gasteiger partial charge in [0.25, 0.3) is 5.91 Å². The summed E-state index contributed by atoms with van der Waals surface area (Å²) in [4.78, 5) is 29.5. The van der Waals surface area contributed by atoms with E-state index in [1.54, 1.807) is 18.5 Å². The second-order valence-electron chi connectivity index (χ2n) is 6.32. The van der Waals surface area contributed by atoms with Crippen molar-refractivity contribution in [1.82, 2.24) is 20.1 Å². The summed E-state index contributed by atoms with van der Waals surface area (Å²) in [5, 5.41) is 12.0. The Bertz CT molecular complexity index is 944. The van der Waals surface area contributed by atoms with Crippen molar-refractivity contribution in [1.29, 1.82) is 0 Å². The summed E-state index contributed by atoms with van der Waals surface area (Å²) in [6.07, 6.45) is 5.29. The first kappa shape index (κ1) is 18.8. The molecule has 28 heavy (non-hydrogen) atoms. The number of H-pyrrole nitrogens is 1. The van der Waals surface area contributed by atoms with E-state index in [-0.39, 0.29) is 17.4 Å². The van der Waals surface area contributed by atoms with Gasteiger partial charge in [0.15, 0.2) is 10.1 Å². The molecule has 0 radical (unpaired) electrons. The number of hydrogen-bond donors (Lipinski definition) is 2. The second-order valence-corrected chi connectivity index (χ2v) is 8.52. The van der Waals surface area contributed by atoms with E-state index in [9.17, 15) is 9.59 Å². The fraction of sp³-hybridized carbons (Fsp3) is 0.333.